The smallest absolute Gasteiger partial charge is 0.0619 e. The molecule has 0 aliphatic carbocycles. The van der Waals surface area contributed by atoms with Crippen LogP contribution in [0.4, 0.5) is 0 Å². The fourth-order valence-corrected chi connectivity index (χ4v) is 2.25. The summed E-state index contributed by atoms with van der Waals surface area (Å²) in [6.45, 7) is 9.51. The van der Waals surface area contributed by atoms with Crippen LogP contribution in [0.5, 0.6) is 0 Å². The van der Waals surface area contributed by atoms with Gasteiger partial charge in [0.15, 0.2) is 0 Å². The standard InChI is InChI=1S/C11H24N2O/c1-9(12)7-10(2)13-5-4-6-14-8-11(13)3/h9-11H,4-8,12H2,1-3H3. The zero-order valence-electron chi connectivity index (χ0n) is 9.70. The van der Waals surface area contributed by atoms with E-state index in [9.17, 15) is 0 Å². The first-order valence-corrected chi connectivity index (χ1v) is 5.70. The van der Waals surface area contributed by atoms with Crippen LogP contribution in [0.15, 0.2) is 0 Å². The highest BCUT2D eigenvalue weighted by atomic mass is 16.5. The topological polar surface area (TPSA) is 38.5 Å². The van der Waals surface area contributed by atoms with Crippen molar-refractivity contribution in [1.82, 2.24) is 4.90 Å². The minimum atomic E-state index is 0.293. The molecular weight excluding hydrogens is 176 g/mol. The number of nitrogens with zero attached hydrogens (tertiary/aromatic N) is 1. The molecule has 0 bridgehead atoms. The summed E-state index contributed by atoms with van der Waals surface area (Å²) in [4.78, 5) is 2.52. The normalized spacial score (nSPS) is 29.6. The van der Waals surface area contributed by atoms with E-state index in [1.807, 2.05) is 0 Å². The number of nitrogens with two attached hydrogens (primary N) is 1. The minimum absolute atomic E-state index is 0.293. The van der Waals surface area contributed by atoms with Crippen molar-refractivity contribution in [1.29, 1.82) is 0 Å². The molecule has 0 aromatic rings. The second kappa shape index (κ2) is 5.69. The molecule has 0 spiro atoms. The van der Waals surface area contributed by atoms with Gasteiger partial charge >= 0.3 is 0 Å². The average molecular weight is 200 g/mol. The third kappa shape index (κ3) is 3.56. The maximum Gasteiger partial charge on any atom is 0.0619 e. The largest absolute Gasteiger partial charge is 0.380 e. The molecule has 1 fully saturated rings. The summed E-state index contributed by atoms with van der Waals surface area (Å²) < 4.78 is 5.52. The second-order valence-corrected chi connectivity index (χ2v) is 4.58. The Morgan fingerprint density at radius 1 is 1.50 bits per heavy atom. The third-order valence-electron chi connectivity index (χ3n) is 2.91. The molecule has 1 heterocycles. The van der Waals surface area contributed by atoms with Gasteiger partial charge < -0.3 is 10.5 Å². The average Bonchev–Trinajstić information content (AvgIpc) is 2.28. The van der Waals surface area contributed by atoms with E-state index >= 15 is 0 Å². The molecule has 3 nitrogen and oxygen atoms in total. The zero-order valence-corrected chi connectivity index (χ0v) is 9.70. The van der Waals surface area contributed by atoms with E-state index in [4.69, 9.17) is 10.5 Å². The van der Waals surface area contributed by atoms with Crippen LogP contribution in [0.2, 0.25) is 0 Å². The summed E-state index contributed by atoms with van der Waals surface area (Å²) in [6.07, 6.45) is 2.22. The van der Waals surface area contributed by atoms with Gasteiger partial charge in [-0.15, -0.1) is 0 Å². The lowest BCUT2D eigenvalue weighted by Crippen LogP contribution is -2.43. The molecule has 3 unspecified atom stereocenters. The molecule has 0 aromatic heterocycles. The predicted molar refractivity (Wildman–Crippen MR) is 59.3 cm³/mol. The van der Waals surface area contributed by atoms with Gasteiger partial charge in [0, 0.05) is 31.3 Å². The van der Waals surface area contributed by atoms with Crippen molar-refractivity contribution < 1.29 is 4.74 Å². The lowest BCUT2D eigenvalue weighted by atomic mass is 10.1. The number of hydrogen-bond acceptors (Lipinski definition) is 3. The molecule has 1 saturated heterocycles. The molecule has 3 heteroatoms. The van der Waals surface area contributed by atoms with Gasteiger partial charge in [0.2, 0.25) is 0 Å². The van der Waals surface area contributed by atoms with Gasteiger partial charge in [-0.25, -0.2) is 0 Å². The monoisotopic (exact) mass is 200 g/mol. The summed E-state index contributed by atoms with van der Waals surface area (Å²) in [7, 11) is 0. The lowest BCUT2D eigenvalue weighted by molar-refractivity contribution is 0.0885. The Morgan fingerprint density at radius 3 is 2.86 bits per heavy atom. The maximum absolute atomic E-state index is 5.83. The molecule has 1 aliphatic heterocycles. The van der Waals surface area contributed by atoms with Crippen molar-refractivity contribution in [3.8, 4) is 0 Å². The molecule has 14 heavy (non-hydrogen) atoms. The SMILES string of the molecule is CC(N)CC(C)N1CCCOCC1C. The number of hydrogen-bond donors (Lipinski definition) is 1. The van der Waals surface area contributed by atoms with Crippen LogP contribution in [0.25, 0.3) is 0 Å². The van der Waals surface area contributed by atoms with Crippen molar-refractivity contribution in [3.63, 3.8) is 0 Å². The Kier molecular flexibility index (Phi) is 4.85. The molecule has 1 rings (SSSR count). The summed E-state index contributed by atoms with van der Waals surface area (Å²) >= 11 is 0. The Labute approximate surface area is 87.6 Å². The number of rotatable bonds is 3. The van der Waals surface area contributed by atoms with Crippen LogP contribution in [-0.4, -0.2) is 42.8 Å². The van der Waals surface area contributed by atoms with E-state index in [1.165, 1.54) is 0 Å². The van der Waals surface area contributed by atoms with Crippen LogP contribution >= 0.6 is 0 Å². The van der Waals surface area contributed by atoms with Crippen LogP contribution in [0.1, 0.15) is 33.6 Å². The van der Waals surface area contributed by atoms with E-state index in [0.717, 1.165) is 32.6 Å². The molecule has 0 saturated carbocycles. The summed E-state index contributed by atoms with van der Waals surface area (Å²) in [5.41, 5.74) is 5.83. The van der Waals surface area contributed by atoms with Gasteiger partial charge in [0.05, 0.1) is 6.61 Å². The van der Waals surface area contributed by atoms with Crippen LogP contribution in [0.3, 0.4) is 0 Å². The Bertz CT molecular complexity index is 161. The lowest BCUT2D eigenvalue weighted by Gasteiger charge is -2.33. The quantitative estimate of drug-likeness (QED) is 0.744. The van der Waals surface area contributed by atoms with Crippen LogP contribution in [-0.2, 0) is 4.74 Å². The Morgan fingerprint density at radius 2 is 2.21 bits per heavy atom. The van der Waals surface area contributed by atoms with E-state index < -0.39 is 0 Å². The number of ether oxygens (including phenoxy) is 1. The van der Waals surface area contributed by atoms with Gasteiger partial charge in [0.25, 0.3) is 0 Å². The molecular formula is C11H24N2O. The third-order valence-corrected chi connectivity index (χ3v) is 2.91. The van der Waals surface area contributed by atoms with Crippen molar-refractivity contribution in [2.45, 2.75) is 51.7 Å². The van der Waals surface area contributed by atoms with Crippen molar-refractivity contribution in [2.24, 2.45) is 5.73 Å². The highest BCUT2D eigenvalue weighted by Crippen LogP contribution is 2.14. The molecule has 3 atom stereocenters. The molecule has 1 aliphatic rings. The van der Waals surface area contributed by atoms with Crippen molar-refractivity contribution in [3.05, 3.63) is 0 Å². The molecule has 2 N–H and O–H groups in total. The highest BCUT2D eigenvalue weighted by molar-refractivity contribution is 4.77. The summed E-state index contributed by atoms with van der Waals surface area (Å²) in [5.74, 6) is 0. The molecule has 0 aromatic carbocycles. The highest BCUT2D eigenvalue weighted by Gasteiger charge is 2.22. The Hall–Kier alpha value is -0.120. The maximum atomic E-state index is 5.83. The van der Waals surface area contributed by atoms with Gasteiger partial charge in [-0.2, -0.15) is 0 Å². The van der Waals surface area contributed by atoms with Crippen LogP contribution < -0.4 is 5.73 Å². The Balaban J connectivity index is 2.45. The molecule has 0 amide bonds. The first kappa shape index (κ1) is 12.0. The minimum Gasteiger partial charge on any atom is -0.380 e. The van der Waals surface area contributed by atoms with E-state index in [-0.39, 0.29) is 0 Å². The fraction of sp³-hybridized carbons (Fsp3) is 1.00. The van der Waals surface area contributed by atoms with E-state index in [0.29, 0.717) is 18.1 Å². The van der Waals surface area contributed by atoms with Crippen molar-refractivity contribution in [2.75, 3.05) is 19.8 Å². The molecule has 84 valence electrons. The van der Waals surface area contributed by atoms with Crippen molar-refractivity contribution >= 4 is 0 Å². The van der Waals surface area contributed by atoms with E-state index in [2.05, 4.69) is 25.7 Å². The van der Waals surface area contributed by atoms with E-state index in [1.54, 1.807) is 0 Å². The first-order valence-electron chi connectivity index (χ1n) is 5.70. The second-order valence-electron chi connectivity index (χ2n) is 4.58. The van der Waals surface area contributed by atoms with Gasteiger partial charge in [0.1, 0.15) is 0 Å². The zero-order chi connectivity index (χ0) is 10.6. The van der Waals surface area contributed by atoms with Crippen LogP contribution in [0, 0.1) is 0 Å². The fourth-order valence-electron chi connectivity index (χ4n) is 2.25. The molecule has 0 radical (unpaired) electrons. The predicted octanol–water partition coefficient (Wildman–Crippen LogP) is 1.22. The van der Waals surface area contributed by atoms with Gasteiger partial charge in [-0.1, -0.05) is 0 Å². The summed E-state index contributed by atoms with van der Waals surface area (Å²) in [5, 5.41) is 0. The first-order chi connectivity index (χ1) is 6.61. The van der Waals surface area contributed by atoms with Gasteiger partial charge in [-0.05, 0) is 33.6 Å². The van der Waals surface area contributed by atoms with Gasteiger partial charge in [-0.3, -0.25) is 4.90 Å². The summed E-state index contributed by atoms with van der Waals surface area (Å²) in [6, 6.07) is 1.40.